The van der Waals surface area contributed by atoms with Crippen LogP contribution in [0.1, 0.15) is 14.5 Å². The monoisotopic (exact) mass is 239 g/mol. The van der Waals surface area contributed by atoms with Crippen molar-refractivity contribution in [2.45, 2.75) is 6.92 Å². The predicted octanol–water partition coefficient (Wildman–Crippen LogP) is 0.253. The highest BCUT2D eigenvalue weighted by atomic mass is 32.1. The Morgan fingerprint density at radius 3 is 2.75 bits per heavy atom. The summed E-state index contributed by atoms with van der Waals surface area (Å²) in [5.41, 5.74) is 2.36. The normalized spacial score (nSPS) is 15.2. The van der Waals surface area contributed by atoms with E-state index in [1.165, 1.54) is 11.3 Å². The van der Waals surface area contributed by atoms with Crippen LogP contribution >= 0.6 is 11.3 Å². The van der Waals surface area contributed by atoms with Gasteiger partial charge in [0, 0.05) is 4.88 Å². The third kappa shape index (κ3) is 2.03. The minimum atomic E-state index is -0.605. The van der Waals surface area contributed by atoms with Gasteiger partial charge in [-0.2, -0.15) is 0 Å². The summed E-state index contributed by atoms with van der Waals surface area (Å²) < 4.78 is 0. The van der Waals surface area contributed by atoms with E-state index in [0.717, 1.165) is 9.89 Å². The van der Waals surface area contributed by atoms with E-state index >= 15 is 0 Å². The standard InChI is InChI=1S/C9H9N3O3S/c1-5-2-3-6(16-5)8(14)11-12-4-7(13)10-9(12)15/h2-3H,4H2,1H3,(H,11,14)(H,10,13,15). The zero-order chi connectivity index (χ0) is 11.7. The zero-order valence-electron chi connectivity index (χ0n) is 8.44. The molecule has 2 N–H and O–H groups in total. The summed E-state index contributed by atoms with van der Waals surface area (Å²) in [5.74, 6) is -0.810. The lowest BCUT2D eigenvalue weighted by molar-refractivity contribution is -0.118. The first kappa shape index (κ1) is 10.6. The minimum absolute atomic E-state index is 0.144. The van der Waals surface area contributed by atoms with E-state index < -0.39 is 11.9 Å². The summed E-state index contributed by atoms with van der Waals surface area (Å²) in [6.07, 6.45) is 0. The molecule has 0 spiro atoms. The Bertz CT molecular complexity index is 468. The molecule has 1 aliphatic rings. The van der Waals surface area contributed by atoms with Gasteiger partial charge >= 0.3 is 6.03 Å². The van der Waals surface area contributed by atoms with Crippen LogP contribution in [0.4, 0.5) is 4.79 Å². The number of imide groups is 1. The Morgan fingerprint density at radius 1 is 1.50 bits per heavy atom. The van der Waals surface area contributed by atoms with Crippen molar-refractivity contribution in [2.75, 3.05) is 6.54 Å². The van der Waals surface area contributed by atoms with E-state index in [1.807, 2.05) is 13.0 Å². The molecule has 0 aliphatic carbocycles. The van der Waals surface area contributed by atoms with Gasteiger partial charge in [0.1, 0.15) is 6.54 Å². The molecule has 0 saturated carbocycles. The highest BCUT2D eigenvalue weighted by molar-refractivity contribution is 7.13. The zero-order valence-corrected chi connectivity index (χ0v) is 9.26. The number of nitrogens with zero attached hydrogens (tertiary/aromatic N) is 1. The van der Waals surface area contributed by atoms with Crippen LogP contribution in [-0.4, -0.2) is 29.4 Å². The van der Waals surface area contributed by atoms with Crippen molar-refractivity contribution >= 4 is 29.2 Å². The molecular formula is C9H9N3O3S. The first-order valence-corrected chi connectivity index (χ1v) is 5.36. The van der Waals surface area contributed by atoms with Crippen molar-refractivity contribution in [1.82, 2.24) is 15.8 Å². The molecule has 7 heteroatoms. The smallest absolute Gasteiger partial charge is 0.275 e. The summed E-state index contributed by atoms with van der Waals surface area (Å²) in [6.45, 7) is 1.74. The van der Waals surface area contributed by atoms with Crippen LogP contribution in [0.25, 0.3) is 0 Å². The van der Waals surface area contributed by atoms with E-state index in [-0.39, 0.29) is 12.5 Å². The van der Waals surface area contributed by atoms with Crippen molar-refractivity contribution in [3.8, 4) is 0 Å². The van der Waals surface area contributed by atoms with Crippen LogP contribution < -0.4 is 10.7 Å². The number of amides is 4. The first-order chi connectivity index (χ1) is 7.56. The number of thiophene rings is 1. The van der Waals surface area contributed by atoms with Crippen molar-refractivity contribution in [3.05, 3.63) is 21.9 Å². The maximum Gasteiger partial charge on any atom is 0.343 e. The lowest BCUT2D eigenvalue weighted by atomic mass is 10.4. The van der Waals surface area contributed by atoms with Crippen molar-refractivity contribution in [3.63, 3.8) is 0 Å². The average Bonchev–Trinajstić information content (AvgIpc) is 2.74. The average molecular weight is 239 g/mol. The molecule has 1 aromatic heterocycles. The van der Waals surface area contributed by atoms with Gasteiger partial charge in [0.15, 0.2) is 0 Å². The second-order valence-electron chi connectivity index (χ2n) is 3.29. The van der Waals surface area contributed by atoms with E-state index in [4.69, 9.17) is 0 Å². The molecule has 2 heterocycles. The fourth-order valence-corrected chi connectivity index (χ4v) is 2.02. The van der Waals surface area contributed by atoms with Gasteiger partial charge in [0.2, 0.25) is 5.91 Å². The molecule has 84 valence electrons. The van der Waals surface area contributed by atoms with Gasteiger partial charge in [-0.25, -0.2) is 9.80 Å². The highest BCUT2D eigenvalue weighted by Crippen LogP contribution is 2.14. The summed E-state index contributed by atoms with van der Waals surface area (Å²) >= 11 is 1.33. The minimum Gasteiger partial charge on any atom is -0.275 e. The van der Waals surface area contributed by atoms with Crippen molar-refractivity contribution < 1.29 is 14.4 Å². The molecule has 1 aromatic rings. The summed E-state index contributed by atoms with van der Waals surface area (Å²) in [6, 6.07) is 2.88. The molecule has 0 aromatic carbocycles. The Kier molecular flexibility index (Phi) is 2.61. The summed E-state index contributed by atoms with van der Waals surface area (Å²) in [5, 5.41) is 3.02. The number of rotatable bonds is 2. The Morgan fingerprint density at radius 2 is 2.25 bits per heavy atom. The SMILES string of the molecule is Cc1ccc(C(=O)NN2CC(=O)NC2=O)s1. The topological polar surface area (TPSA) is 78.5 Å². The van der Waals surface area contributed by atoms with Gasteiger partial charge in [-0.05, 0) is 19.1 Å². The molecule has 2 rings (SSSR count). The van der Waals surface area contributed by atoms with Crippen LogP contribution in [0.5, 0.6) is 0 Å². The van der Waals surface area contributed by atoms with Crippen LogP contribution in [0.3, 0.4) is 0 Å². The molecule has 16 heavy (non-hydrogen) atoms. The van der Waals surface area contributed by atoms with E-state index in [9.17, 15) is 14.4 Å². The van der Waals surface area contributed by atoms with E-state index in [2.05, 4.69) is 10.7 Å². The van der Waals surface area contributed by atoms with E-state index in [0.29, 0.717) is 4.88 Å². The maximum atomic E-state index is 11.6. The number of hydrogen-bond acceptors (Lipinski definition) is 4. The highest BCUT2D eigenvalue weighted by Gasteiger charge is 2.28. The molecule has 1 aliphatic heterocycles. The number of carbonyl (C=O) groups excluding carboxylic acids is 3. The molecule has 0 unspecified atom stereocenters. The molecule has 0 bridgehead atoms. The van der Waals surface area contributed by atoms with Gasteiger partial charge in [-0.3, -0.25) is 20.3 Å². The molecule has 1 saturated heterocycles. The van der Waals surface area contributed by atoms with Gasteiger partial charge in [0.25, 0.3) is 5.91 Å². The lowest BCUT2D eigenvalue weighted by Gasteiger charge is -2.13. The fourth-order valence-electron chi connectivity index (χ4n) is 1.27. The molecule has 1 fully saturated rings. The Hall–Kier alpha value is -1.89. The number of nitrogens with one attached hydrogen (secondary N) is 2. The van der Waals surface area contributed by atoms with E-state index in [1.54, 1.807) is 6.07 Å². The number of urea groups is 1. The van der Waals surface area contributed by atoms with Gasteiger partial charge in [-0.1, -0.05) is 0 Å². The third-order valence-electron chi connectivity index (χ3n) is 1.99. The number of hydrogen-bond donors (Lipinski definition) is 2. The Balaban J connectivity index is 2.03. The Labute approximate surface area is 95.2 Å². The first-order valence-electron chi connectivity index (χ1n) is 4.55. The maximum absolute atomic E-state index is 11.6. The van der Waals surface area contributed by atoms with Crippen LogP contribution in [0, 0.1) is 6.92 Å². The van der Waals surface area contributed by atoms with Gasteiger partial charge < -0.3 is 0 Å². The summed E-state index contributed by atoms with van der Waals surface area (Å²) in [4.78, 5) is 35.1. The van der Waals surface area contributed by atoms with Crippen LogP contribution in [-0.2, 0) is 4.79 Å². The van der Waals surface area contributed by atoms with Crippen molar-refractivity contribution in [2.24, 2.45) is 0 Å². The van der Waals surface area contributed by atoms with Crippen LogP contribution in [0.15, 0.2) is 12.1 Å². The summed E-state index contributed by atoms with van der Waals surface area (Å²) in [7, 11) is 0. The third-order valence-corrected chi connectivity index (χ3v) is 2.99. The predicted molar refractivity (Wildman–Crippen MR) is 56.8 cm³/mol. The molecule has 6 nitrogen and oxygen atoms in total. The van der Waals surface area contributed by atoms with Crippen molar-refractivity contribution in [1.29, 1.82) is 0 Å². The molecular weight excluding hydrogens is 230 g/mol. The molecule has 4 amide bonds. The van der Waals surface area contributed by atoms with Gasteiger partial charge in [-0.15, -0.1) is 11.3 Å². The molecule has 0 atom stereocenters. The number of hydrazine groups is 1. The quantitative estimate of drug-likeness (QED) is 0.726. The number of aryl methyl sites for hydroxylation is 1. The van der Waals surface area contributed by atoms with Crippen LogP contribution in [0.2, 0.25) is 0 Å². The lowest BCUT2D eigenvalue weighted by Crippen LogP contribution is -2.43. The number of carbonyl (C=O) groups is 3. The second kappa shape index (κ2) is 3.93. The van der Waals surface area contributed by atoms with Gasteiger partial charge in [0.05, 0.1) is 4.88 Å². The molecule has 0 radical (unpaired) electrons. The second-order valence-corrected chi connectivity index (χ2v) is 4.58. The largest absolute Gasteiger partial charge is 0.343 e. The fraction of sp³-hybridized carbons (Fsp3) is 0.222.